The van der Waals surface area contributed by atoms with Crippen molar-refractivity contribution in [1.29, 1.82) is 0 Å². The summed E-state index contributed by atoms with van der Waals surface area (Å²) < 4.78 is 14.9. The fourth-order valence-electron chi connectivity index (χ4n) is 3.75. The van der Waals surface area contributed by atoms with E-state index in [1.165, 1.54) is 42.4 Å². The number of rotatable bonds is 6. The summed E-state index contributed by atoms with van der Waals surface area (Å²) in [6.45, 7) is 2.99. The van der Waals surface area contributed by atoms with E-state index < -0.39 is 35.7 Å². The van der Waals surface area contributed by atoms with Crippen LogP contribution >= 0.6 is 0 Å². The topological polar surface area (TPSA) is 100 Å². The van der Waals surface area contributed by atoms with Gasteiger partial charge in [0.1, 0.15) is 30.6 Å². The number of nitrogens with one attached hydrogen (secondary N) is 1. The Kier molecular flexibility index (Phi) is 5.67. The van der Waals surface area contributed by atoms with E-state index in [1.54, 1.807) is 18.1 Å². The number of aromatic nitrogens is 3. The van der Waals surface area contributed by atoms with Crippen LogP contribution in [0.4, 0.5) is 9.18 Å². The largest absolute Gasteiger partial charge is 0.337 e. The molecule has 170 valence electrons. The molecule has 1 fully saturated rings. The van der Waals surface area contributed by atoms with Crippen molar-refractivity contribution in [2.45, 2.75) is 25.4 Å². The molecular weight excluding hydrogens is 427 g/mol. The van der Waals surface area contributed by atoms with Crippen molar-refractivity contribution >= 4 is 17.8 Å². The lowest BCUT2D eigenvalue weighted by atomic mass is 9.92. The molecule has 0 radical (unpaired) electrons. The first kappa shape index (κ1) is 22.1. The molecule has 0 spiro atoms. The second-order valence-electron chi connectivity index (χ2n) is 8.07. The van der Waals surface area contributed by atoms with Crippen molar-refractivity contribution in [2.75, 3.05) is 13.6 Å². The van der Waals surface area contributed by atoms with E-state index in [0.29, 0.717) is 5.56 Å². The minimum absolute atomic E-state index is 0.299. The molecule has 3 aromatic rings. The van der Waals surface area contributed by atoms with Gasteiger partial charge in [-0.25, -0.2) is 18.9 Å². The van der Waals surface area contributed by atoms with Gasteiger partial charge in [0.2, 0.25) is 5.91 Å². The second-order valence-corrected chi connectivity index (χ2v) is 8.07. The number of hydrogen-bond donors (Lipinski definition) is 1. The number of urea groups is 1. The molecule has 1 aliphatic heterocycles. The van der Waals surface area contributed by atoms with Gasteiger partial charge in [0, 0.05) is 7.05 Å². The number of amides is 4. The Morgan fingerprint density at radius 2 is 1.82 bits per heavy atom. The van der Waals surface area contributed by atoms with Gasteiger partial charge in [-0.15, -0.1) is 0 Å². The van der Waals surface area contributed by atoms with E-state index in [9.17, 15) is 18.8 Å². The molecule has 0 bridgehead atoms. The first-order chi connectivity index (χ1) is 15.7. The molecule has 2 heterocycles. The van der Waals surface area contributed by atoms with Crippen LogP contribution in [0, 0.1) is 5.82 Å². The van der Waals surface area contributed by atoms with Gasteiger partial charge < -0.3 is 10.2 Å². The predicted molar refractivity (Wildman–Crippen MR) is 117 cm³/mol. The smallest absolute Gasteiger partial charge is 0.325 e. The van der Waals surface area contributed by atoms with Gasteiger partial charge in [0.25, 0.3) is 5.91 Å². The molecule has 1 aromatic heterocycles. The lowest BCUT2D eigenvalue weighted by molar-refractivity contribution is -0.139. The average molecular weight is 450 g/mol. The average Bonchev–Trinajstić information content (AvgIpc) is 3.42. The molecule has 9 nitrogen and oxygen atoms in total. The summed E-state index contributed by atoms with van der Waals surface area (Å²) in [5.41, 5.74) is 0.776. The summed E-state index contributed by atoms with van der Waals surface area (Å²) in [5, 5.41) is 6.70. The zero-order chi connectivity index (χ0) is 23.8. The van der Waals surface area contributed by atoms with Crippen LogP contribution in [0.15, 0.2) is 61.2 Å². The van der Waals surface area contributed by atoms with Crippen LogP contribution < -0.4 is 5.32 Å². The van der Waals surface area contributed by atoms with Crippen molar-refractivity contribution in [2.24, 2.45) is 0 Å². The highest BCUT2D eigenvalue weighted by Gasteiger charge is 2.49. The lowest BCUT2D eigenvalue weighted by Gasteiger charge is -2.27. The third kappa shape index (κ3) is 4.07. The molecule has 0 saturated carbocycles. The Balaban J connectivity index is 1.45. The number of halogens is 1. The van der Waals surface area contributed by atoms with Crippen LogP contribution in [-0.4, -0.2) is 56.0 Å². The zero-order valence-electron chi connectivity index (χ0n) is 18.4. The van der Waals surface area contributed by atoms with E-state index in [1.807, 2.05) is 31.2 Å². The van der Waals surface area contributed by atoms with Crippen LogP contribution in [0.25, 0.3) is 5.69 Å². The minimum Gasteiger partial charge on any atom is -0.337 e. The molecule has 1 saturated heterocycles. The van der Waals surface area contributed by atoms with Gasteiger partial charge in [-0.1, -0.05) is 24.3 Å². The molecule has 33 heavy (non-hydrogen) atoms. The Morgan fingerprint density at radius 1 is 1.15 bits per heavy atom. The Hall–Kier alpha value is -4.08. The standard InChI is InChI=1S/C23H23FN6O3/c1-15(16-4-10-19(11-5-16)30-14-25-13-26-30)28(3)20(31)12-29-21(32)23(2,27-22(29)33)17-6-8-18(24)9-7-17/h4-11,13-15H,12H2,1-3H3,(H,27,33). The zero-order valence-corrected chi connectivity index (χ0v) is 18.4. The summed E-state index contributed by atoms with van der Waals surface area (Å²) in [6, 6.07) is 11.8. The van der Waals surface area contributed by atoms with Crippen molar-refractivity contribution in [3.05, 3.63) is 78.1 Å². The fourth-order valence-corrected chi connectivity index (χ4v) is 3.75. The van der Waals surface area contributed by atoms with Crippen LogP contribution in [0.5, 0.6) is 0 Å². The van der Waals surface area contributed by atoms with E-state index in [-0.39, 0.29) is 6.04 Å². The van der Waals surface area contributed by atoms with Crippen molar-refractivity contribution in [1.82, 2.24) is 29.9 Å². The third-order valence-electron chi connectivity index (χ3n) is 6.02. The number of benzene rings is 2. The second kappa shape index (κ2) is 8.45. The quantitative estimate of drug-likeness (QED) is 0.582. The first-order valence-corrected chi connectivity index (χ1v) is 10.3. The molecule has 2 aromatic carbocycles. The molecule has 4 rings (SSSR count). The number of nitrogens with zero attached hydrogens (tertiary/aromatic N) is 5. The molecule has 0 aliphatic carbocycles. The summed E-state index contributed by atoms with van der Waals surface area (Å²) in [4.78, 5) is 44.8. The number of carbonyl (C=O) groups is 3. The minimum atomic E-state index is -1.37. The maximum Gasteiger partial charge on any atom is 0.325 e. The Labute approximate surface area is 189 Å². The molecule has 1 aliphatic rings. The number of carbonyl (C=O) groups excluding carboxylic acids is 3. The van der Waals surface area contributed by atoms with Gasteiger partial charge in [-0.3, -0.25) is 14.5 Å². The van der Waals surface area contributed by atoms with Crippen molar-refractivity contribution in [3.63, 3.8) is 0 Å². The third-order valence-corrected chi connectivity index (χ3v) is 6.02. The summed E-state index contributed by atoms with van der Waals surface area (Å²) >= 11 is 0. The number of likely N-dealkylation sites (N-methyl/N-ethyl adjacent to an activating group) is 1. The number of imide groups is 1. The normalized spacial score (nSPS) is 18.8. The van der Waals surface area contributed by atoms with E-state index in [0.717, 1.165) is 16.2 Å². The van der Waals surface area contributed by atoms with Crippen molar-refractivity contribution in [3.8, 4) is 5.69 Å². The molecule has 1 N–H and O–H groups in total. The van der Waals surface area contributed by atoms with Gasteiger partial charge in [0.15, 0.2) is 0 Å². The van der Waals surface area contributed by atoms with Gasteiger partial charge in [0.05, 0.1) is 11.7 Å². The molecule has 2 atom stereocenters. The van der Waals surface area contributed by atoms with Crippen LogP contribution in [-0.2, 0) is 15.1 Å². The fraction of sp³-hybridized carbons (Fsp3) is 0.261. The van der Waals surface area contributed by atoms with Crippen LogP contribution in [0.2, 0.25) is 0 Å². The molecule has 4 amide bonds. The monoisotopic (exact) mass is 450 g/mol. The first-order valence-electron chi connectivity index (χ1n) is 10.3. The van der Waals surface area contributed by atoms with E-state index >= 15 is 0 Å². The van der Waals surface area contributed by atoms with E-state index in [4.69, 9.17) is 0 Å². The lowest BCUT2D eigenvalue weighted by Crippen LogP contribution is -2.44. The Morgan fingerprint density at radius 3 is 2.42 bits per heavy atom. The highest BCUT2D eigenvalue weighted by atomic mass is 19.1. The highest BCUT2D eigenvalue weighted by Crippen LogP contribution is 2.29. The van der Waals surface area contributed by atoms with Crippen LogP contribution in [0.1, 0.15) is 31.0 Å². The summed E-state index contributed by atoms with van der Waals surface area (Å²) in [5.74, 6) is -1.41. The van der Waals surface area contributed by atoms with Gasteiger partial charge in [-0.2, -0.15) is 5.10 Å². The van der Waals surface area contributed by atoms with Crippen molar-refractivity contribution < 1.29 is 18.8 Å². The maximum atomic E-state index is 13.3. The SMILES string of the molecule is CC(c1ccc(-n2cncn2)cc1)N(C)C(=O)CN1C(=O)NC(C)(c2ccc(F)cc2)C1=O. The summed E-state index contributed by atoms with van der Waals surface area (Å²) in [7, 11) is 1.62. The molecular formula is C23H23FN6O3. The maximum absolute atomic E-state index is 13.3. The van der Waals surface area contributed by atoms with Gasteiger partial charge in [-0.05, 0) is 49.2 Å². The molecule has 2 unspecified atom stereocenters. The van der Waals surface area contributed by atoms with Crippen LogP contribution in [0.3, 0.4) is 0 Å². The molecule has 10 heteroatoms. The summed E-state index contributed by atoms with van der Waals surface area (Å²) in [6.07, 6.45) is 3.03. The van der Waals surface area contributed by atoms with Gasteiger partial charge >= 0.3 is 6.03 Å². The predicted octanol–water partition coefficient (Wildman–Crippen LogP) is 2.39. The Bertz CT molecular complexity index is 1180. The highest BCUT2D eigenvalue weighted by molar-refractivity contribution is 6.09. The number of hydrogen-bond acceptors (Lipinski definition) is 5. The van der Waals surface area contributed by atoms with E-state index in [2.05, 4.69) is 15.4 Å².